The Kier molecular flexibility index (Phi) is 4.88. The first kappa shape index (κ1) is 14.7. The fourth-order valence-corrected chi connectivity index (χ4v) is 3.00. The molecule has 0 radical (unpaired) electrons. The SMILES string of the molecule is COc1c(N)cccc1C(=O)N(C)CC1CCCCC1. The highest BCUT2D eigenvalue weighted by Gasteiger charge is 2.22. The van der Waals surface area contributed by atoms with Crippen LogP contribution in [0.4, 0.5) is 5.69 Å². The van der Waals surface area contributed by atoms with Gasteiger partial charge in [0.25, 0.3) is 5.91 Å². The second-order valence-corrected chi connectivity index (χ2v) is 5.62. The molecule has 2 rings (SSSR count). The highest BCUT2D eigenvalue weighted by atomic mass is 16.5. The van der Waals surface area contributed by atoms with E-state index in [1.165, 1.54) is 32.1 Å². The first-order valence-corrected chi connectivity index (χ1v) is 7.31. The van der Waals surface area contributed by atoms with E-state index in [0.29, 0.717) is 22.9 Å². The number of para-hydroxylation sites is 1. The summed E-state index contributed by atoms with van der Waals surface area (Å²) in [6, 6.07) is 5.31. The van der Waals surface area contributed by atoms with Crippen LogP contribution in [0.3, 0.4) is 0 Å². The van der Waals surface area contributed by atoms with Gasteiger partial charge in [0, 0.05) is 13.6 Å². The Morgan fingerprint density at radius 1 is 1.35 bits per heavy atom. The fourth-order valence-electron chi connectivity index (χ4n) is 3.00. The molecule has 0 unspecified atom stereocenters. The summed E-state index contributed by atoms with van der Waals surface area (Å²) < 4.78 is 5.26. The van der Waals surface area contributed by atoms with Gasteiger partial charge in [-0.2, -0.15) is 0 Å². The standard InChI is InChI=1S/C16H24N2O2/c1-18(11-12-7-4-3-5-8-12)16(19)13-9-6-10-14(17)15(13)20-2/h6,9-10,12H,3-5,7-8,11,17H2,1-2H3. The lowest BCUT2D eigenvalue weighted by Crippen LogP contribution is -2.33. The molecule has 1 aromatic carbocycles. The van der Waals surface area contributed by atoms with Crippen LogP contribution in [0, 0.1) is 5.92 Å². The number of carbonyl (C=O) groups is 1. The molecule has 4 nitrogen and oxygen atoms in total. The molecule has 0 spiro atoms. The molecule has 110 valence electrons. The van der Waals surface area contributed by atoms with Gasteiger partial charge in [-0.15, -0.1) is 0 Å². The van der Waals surface area contributed by atoms with E-state index in [-0.39, 0.29) is 5.91 Å². The van der Waals surface area contributed by atoms with Gasteiger partial charge in [0.1, 0.15) is 0 Å². The Labute approximate surface area is 120 Å². The lowest BCUT2D eigenvalue weighted by atomic mass is 9.89. The topological polar surface area (TPSA) is 55.6 Å². The number of anilines is 1. The zero-order valence-electron chi connectivity index (χ0n) is 12.4. The van der Waals surface area contributed by atoms with E-state index >= 15 is 0 Å². The van der Waals surface area contributed by atoms with E-state index in [9.17, 15) is 4.79 Å². The molecule has 0 bridgehead atoms. The van der Waals surface area contributed by atoms with Crippen molar-refractivity contribution in [1.29, 1.82) is 0 Å². The molecule has 4 heteroatoms. The number of nitrogens with two attached hydrogens (primary N) is 1. The quantitative estimate of drug-likeness (QED) is 0.860. The number of ether oxygens (including phenoxy) is 1. The van der Waals surface area contributed by atoms with Crippen molar-refractivity contribution in [3.8, 4) is 5.75 Å². The first-order valence-electron chi connectivity index (χ1n) is 7.31. The van der Waals surface area contributed by atoms with E-state index in [0.717, 1.165) is 6.54 Å². The molecule has 2 N–H and O–H groups in total. The Morgan fingerprint density at radius 2 is 2.05 bits per heavy atom. The van der Waals surface area contributed by atoms with E-state index in [1.807, 2.05) is 7.05 Å². The molecule has 1 amide bonds. The van der Waals surface area contributed by atoms with Crippen molar-refractivity contribution < 1.29 is 9.53 Å². The fraction of sp³-hybridized carbons (Fsp3) is 0.562. The number of hydrogen-bond acceptors (Lipinski definition) is 3. The van der Waals surface area contributed by atoms with Crippen molar-refractivity contribution in [2.24, 2.45) is 5.92 Å². The van der Waals surface area contributed by atoms with Crippen LogP contribution in [0.5, 0.6) is 5.75 Å². The molecule has 0 heterocycles. The molecular formula is C16H24N2O2. The summed E-state index contributed by atoms with van der Waals surface area (Å²) in [5.41, 5.74) is 6.91. The zero-order valence-corrected chi connectivity index (χ0v) is 12.4. The van der Waals surface area contributed by atoms with E-state index in [4.69, 9.17) is 10.5 Å². The van der Waals surface area contributed by atoms with Crippen LogP contribution < -0.4 is 10.5 Å². The van der Waals surface area contributed by atoms with Crippen LogP contribution in [-0.2, 0) is 0 Å². The van der Waals surface area contributed by atoms with Gasteiger partial charge >= 0.3 is 0 Å². The van der Waals surface area contributed by atoms with Crippen molar-refractivity contribution in [2.45, 2.75) is 32.1 Å². The third-order valence-electron chi connectivity index (χ3n) is 4.08. The van der Waals surface area contributed by atoms with Crippen molar-refractivity contribution in [3.05, 3.63) is 23.8 Å². The zero-order chi connectivity index (χ0) is 14.5. The molecule has 0 saturated heterocycles. The predicted octanol–water partition coefficient (Wildman–Crippen LogP) is 2.93. The molecule has 0 aromatic heterocycles. The second-order valence-electron chi connectivity index (χ2n) is 5.62. The summed E-state index contributed by atoms with van der Waals surface area (Å²) in [7, 11) is 3.41. The van der Waals surface area contributed by atoms with E-state index < -0.39 is 0 Å². The maximum absolute atomic E-state index is 12.5. The molecule has 1 aromatic rings. The average molecular weight is 276 g/mol. The number of benzene rings is 1. The van der Waals surface area contributed by atoms with Crippen LogP contribution in [0.25, 0.3) is 0 Å². The number of nitrogen functional groups attached to an aromatic ring is 1. The molecule has 1 aliphatic rings. The van der Waals surface area contributed by atoms with Crippen molar-refractivity contribution in [3.63, 3.8) is 0 Å². The van der Waals surface area contributed by atoms with Gasteiger partial charge in [-0.1, -0.05) is 25.3 Å². The highest BCUT2D eigenvalue weighted by molar-refractivity contribution is 5.98. The number of rotatable bonds is 4. The molecule has 1 aliphatic carbocycles. The number of methoxy groups -OCH3 is 1. The van der Waals surface area contributed by atoms with E-state index in [2.05, 4.69) is 0 Å². The molecule has 1 fully saturated rings. The summed E-state index contributed by atoms with van der Waals surface area (Å²) in [6.45, 7) is 0.816. The largest absolute Gasteiger partial charge is 0.494 e. The van der Waals surface area contributed by atoms with Crippen LogP contribution >= 0.6 is 0 Å². The van der Waals surface area contributed by atoms with E-state index in [1.54, 1.807) is 30.2 Å². The lowest BCUT2D eigenvalue weighted by Gasteiger charge is -2.27. The van der Waals surface area contributed by atoms with Crippen molar-refractivity contribution in [1.82, 2.24) is 4.90 Å². The minimum Gasteiger partial charge on any atom is -0.494 e. The van der Waals surface area contributed by atoms with Crippen LogP contribution in [0.15, 0.2) is 18.2 Å². The summed E-state index contributed by atoms with van der Waals surface area (Å²) in [5, 5.41) is 0. The maximum atomic E-state index is 12.5. The minimum absolute atomic E-state index is 0.0141. The van der Waals surface area contributed by atoms with Crippen LogP contribution in [0.2, 0.25) is 0 Å². The van der Waals surface area contributed by atoms with Gasteiger partial charge < -0.3 is 15.4 Å². The number of amides is 1. The Morgan fingerprint density at radius 3 is 2.70 bits per heavy atom. The molecule has 1 saturated carbocycles. The normalized spacial score (nSPS) is 15.9. The van der Waals surface area contributed by atoms with Gasteiger partial charge in [0.05, 0.1) is 18.4 Å². The van der Waals surface area contributed by atoms with Crippen LogP contribution in [0.1, 0.15) is 42.5 Å². The molecule has 0 atom stereocenters. The van der Waals surface area contributed by atoms with Gasteiger partial charge in [-0.3, -0.25) is 4.79 Å². The van der Waals surface area contributed by atoms with Crippen molar-refractivity contribution >= 4 is 11.6 Å². The first-order chi connectivity index (χ1) is 9.63. The summed E-state index contributed by atoms with van der Waals surface area (Å²) in [6.07, 6.45) is 6.36. The summed E-state index contributed by atoms with van der Waals surface area (Å²) in [4.78, 5) is 14.3. The van der Waals surface area contributed by atoms with Gasteiger partial charge in [-0.05, 0) is 30.9 Å². The Bertz CT molecular complexity index is 468. The Hall–Kier alpha value is -1.71. The average Bonchev–Trinajstić information content (AvgIpc) is 2.47. The minimum atomic E-state index is -0.0141. The number of nitrogens with zero attached hydrogens (tertiary/aromatic N) is 1. The Balaban J connectivity index is 2.08. The van der Waals surface area contributed by atoms with Gasteiger partial charge in [0.2, 0.25) is 0 Å². The van der Waals surface area contributed by atoms with Gasteiger partial charge in [0.15, 0.2) is 5.75 Å². The smallest absolute Gasteiger partial charge is 0.257 e. The monoisotopic (exact) mass is 276 g/mol. The van der Waals surface area contributed by atoms with Crippen LogP contribution in [-0.4, -0.2) is 31.5 Å². The number of carbonyl (C=O) groups excluding carboxylic acids is 1. The lowest BCUT2D eigenvalue weighted by molar-refractivity contribution is 0.0757. The molecule has 20 heavy (non-hydrogen) atoms. The third kappa shape index (κ3) is 3.24. The summed E-state index contributed by atoms with van der Waals surface area (Å²) in [5.74, 6) is 1.09. The van der Waals surface area contributed by atoms with Gasteiger partial charge in [-0.25, -0.2) is 0 Å². The maximum Gasteiger partial charge on any atom is 0.257 e. The van der Waals surface area contributed by atoms with Crippen molar-refractivity contribution in [2.75, 3.05) is 26.4 Å². The summed E-state index contributed by atoms with van der Waals surface area (Å²) >= 11 is 0. The molecular weight excluding hydrogens is 252 g/mol. The predicted molar refractivity (Wildman–Crippen MR) is 80.9 cm³/mol. The molecule has 0 aliphatic heterocycles. The second kappa shape index (κ2) is 6.64. The third-order valence-corrected chi connectivity index (χ3v) is 4.08. The number of hydrogen-bond donors (Lipinski definition) is 1. The highest BCUT2D eigenvalue weighted by Crippen LogP contribution is 2.28.